The number of hydrogen-bond donors (Lipinski definition) is 2. The molecule has 0 radical (unpaired) electrons. The van der Waals surface area contributed by atoms with Crippen molar-refractivity contribution in [3.05, 3.63) is 35.6 Å². The van der Waals surface area contributed by atoms with E-state index >= 15 is 0 Å². The summed E-state index contributed by atoms with van der Waals surface area (Å²) in [6.45, 7) is 5.91. The Morgan fingerprint density at radius 3 is 2.50 bits per heavy atom. The van der Waals surface area contributed by atoms with Crippen molar-refractivity contribution in [2.24, 2.45) is 4.99 Å². The molecule has 1 heterocycles. The minimum atomic E-state index is -0.218. The topological polar surface area (TPSA) is 45.7 Å². The van der Waals surface area contributed by atoms with Crippen molar-refractivity contribution in [2.45, 2.75) is 31.1 Å². The Morgan fingerprint density at radius 2 is 1.92 bits per heavy atom. The van der Waals surface area contributed by atoms with Crippen LogP contribution in [0.25, 0.3) is 0 Å². The van der Waals surface area contributed by atoms with Gasteiger partial charge in [-0.2, -0.15) is 11.8 Å². The monoisotopic (exact) mass is 467 g/mol. The molecule has 0 saturated carbocycles. The van der Waals surface area contributed by atoms with Gasteiger partial charge in [0.15, 0.2) is 5.96 Å². The summed E-state index contributed by atoms with van der Waals surface area (Å²) in [7, 11) is 0. The first kappa shape index (κ1) is 21.5. The molecular weight excluding hydrogens is 440 g/mol. The number of guanidine groups is 1. The first-order chi connectivity index (χ1) is 11.2. The van der Waals surface area contributed by atoms with Crippen molar-refractivity contribution in [3.63, 3.8) is 0 Å². The zero-order valence-electron chi connectivity index (χ0n) is 14.3. The predicted octanol–water partition coefficient (Wildman–Crippen LogP) is 3.41. The molecule has 4 nitrogen and oxygen atoms in total. The number of benzene rings is 1. The van der Waals surface area contributed by atoms with E-state index in [9.17, 15) is 4.39 Å². The Kier molecular flexibility index (Phi) is 9.99. The summed E-state index contributed by atoms with van der Waals surface area (Å²) >= 11 is 1.90. The van der Waals surface area contributed by atoms with E-state index in [0.717, 1.165) is 50.7 Å². The van der Waals surface area contributed by atoms with Crippen LogP contribution >= 0.6 is 35.7 Å². The molecule has 1 aromatic carbocycles. The fraction of sp³-hybridized carbons (Fsp3) is 0.588. The van der Waals surface area contributed by atoms with Gasteiger partial charge in [0, 0.05) is 31.1 Å². The molecule has 2 rings (SSSR count). The molecule has 0 aliphatic carbocycles. The smallest absolute Gasteiger partial charge is 0.191 e. The summed E-state index contributed by atoms with van der Waals surface area (Å²) in [6.07, 6.45) is 4.27. The Morgan fingerprint density at radius 1 is 1.25 bits per heavy atom. The molecule has 0 bridgehead atoms. The average Bonchev–Trinajstić information content (AvgIpc) is 2.59. The largest absolute Gasteiger partial charge is 0.381 e. The van der Waals surface area contributed by atoms with Crippen LogP contribution in [0, 0.1) is 5.82 Å². The molecule has 1 aliphatic heterocycles. The van der Waals surface area contributed by atoms with E-state index in [0.29, 0.717) is 6.54 Å². The van der Waals surface area contributed by atoms with E-state index in [1.165, 1.54) is 12.1 Å². The van der Waals surface area contributed by atoms with Gasteiger partial charge >= 0.3 is 0 Å². The van der Waals surface area contributed by atoms with E-state index in [-0.39, 0.29) is 34.5 Å². The molecule has 2 N–H and O–H groups in total. The number of nitrogens with zero attached hydrogens (tertiary/aromatic N) is 1. The lowest BCUT2D eigenvalue weighted by molar-refractivity contribution is 0.0783. The van der Waals surface area contributed by atoms with Crippen LogP contribution in [0.3, 0.4) is 0 Å². The number of aliphatic imine (C=N–C) groups is 1. The van der Waals surface area contributed by atoms with Crippen molar-refractivity contribution in [1.29, 1.82) is 0 Å². The summed E-state index contributed by atoms with van der Waals surface area (Å²) in [5, 5.41) is 6.72. The van der Waals surface area contributed by atoms with Gasteiger partial charge in [-0.25, -0.2) is 9.38 Å². The van der Waals surface area contributed by atoms with Crippen molar-refractivity contribution in [3.8, 4) is 0 Å². The molecule has 1 aromatic rings. The van der Waals surface area contributed by atoms with Crippen molar-refractivity contribution in [2.75, 3.05) is 32.6 Å². The number of rotatable bonds is 6. The highest BCUT2D eigenvalue weighted by molar-refractivity contribution is 14.0. The summed E-state index contributed by atoms with van der Waals surface area (Å²) in [6, 6.07) is 6.47. The summed E-state index contributed by atoms with van der Waals surface area (Å²) in [4.78, 5) is 4.59. The minimum absolute atomic E-state index is 0. The van der Waals surface area contributed by atoms with E-state index in [4.69, 9.17) is 4.74 Å². The quantitative estimate of drug-likeness (QED) is 0.383. The van der Waals surface area contributed by atoms with Crippen LogP contribution in [0.1, 0.15) is 25.3 Å². The van der Waals surface area contributed by atoms with Crippen molar-refractivity contribution < 1.29 is 9.13 Å². The molecule has 24 heavy (non-hydrogen) atoms. The van der Waals surface area contributed by atoms with Gasteiger partial charge in [-0.15, -0.1) is 24.0 Å². The molecule has 1 saturated heterocycles. The van der Waals surface area contributed by atoms with E-state index in [2.05, 4.69) is 21.9 Å². The average molecular weight is 467 g/mol. The fourth-order valence-corrected chi connectivity index (χ4v) is 3.33. The summed E-state index contributed by atoms with van der Waals surface area (Å²) in [5.41, 5.74) is 0.995. The highest BCUT2D eigenvalue weighted by Crippen LogP contribution is 2.32. The lowest BCUT2D eigenvalue weighted by Crippen LogP contribution is -2.47. The standard InChI is InChI=1S/C17H26FN3OS.HI/c1-3-19-16(20-12-14-4-6-15(18)7-5-14)21-13-17(23-2)8-10-22-11-9-17;/h4-7H,3,8-13H2,1-2H3,(H2,19,20,21);1H. The van der Waals surface area contributed by atoms with Crippen LogP contribution in [0.4, 0.5) is 4.39 Å². The second-order valence-corrected chi connectivity index (χ2v) is 6.95. The Bertz CT molecular complexity index is 507. The number of hydrogen-bond acceptors (Lipinski definition) is 3. The van der Waals surface area contributed by atoms with Crippen LogP contribution in [0.15, 0.2) is 29.3 Å². The number of thioether (sulfide) groups is 1. The Balaban J connectivity index is 0.00000288. The van der Waals surface area contributed by atoms with E-state index in [1.54, 1.807) is 12.1 Å². The third-order valence-electron chi connectivity index (χ3n) is 4.09. The van der Waals surface area contributed by atoms with Gasteiger partial charge in [0.2, 0.25) is 0 Å². The van der Waals surface area contributed by atoms with Gasteiger partial charge in [-0.05, 0) is 43.7 Å². The number of nitrogens with one attached hydrogen (secondary N) is 2. The van der Waals surface area contributed by atoms with Gasteiger partial charge in [-0.3, -0.25) is 0 Å². The van der Waals surface area contributed by atoms with Gasteiger partial charge in [0.25, 0.3) is 0 Å². The third-order valence-corrected chi connectivity index (χ3v) is 5.51. The predicted molar refractivity (Wildman–Crippen MR) is 111 cm³/mol. The second-order valence-electron chi connectivity index (χ2n) is 5.67. The normalized spacial score (nSPS) is 17.0. The van der Waals surface area contributed by atoms with Crippen LogP contribution in [-0.2, 0) is 11.3 Å². The highest BCUT2D eigenvalue weighted by Gasteiger charge is 2.31. The van der Waals surface area contributed by atoms with Gasteiger partial charge in [0.05, 0.1) is 6.54 Å². The highest BCUT2D eigenvalue weighted by atomic mass is 127. The number of ether oxygens (including phenoxy) is 1. The van der Waals surface area contributed by atoms with Crippen LogP contribution in [0.2, 0.25) is 0 Å². The van der Waals surface area contributed by atoms with Crippen LogP contribution in [-0.4, -0.2) is 43.3 Å². The van der Waals surface area contributed by atoms with E-state index in [1.807, 2.05) is 18.7 Å². The molecule has 0 atom stereocenters. The minimum Gasteiger partial charge on any atom is -0.381 e. The SMILES string of the molecule is CCNC(=NCc1ccc(F)cc1)NCC1(SC)CCOCC1.I. The van der Waals surface area contributed by atoms with Crippen molar-refractivity contribution >= 4 is 41.7 Å². The molecule has 1 aliphatic rings. The molecular formula is C17H27FIN3OS. The second kappa shape index (κ2) is 11.1. The maximum Gasteiger partial charge on any atom is 0.191 e. The van der Waals surface area contributed by atoms with Crippen LogP contribution in [0.5, 0.6) is 0 Å². The summed E-state index contributed by atoms with van der Waals surface area (Å²) < 4.78 is 18.6. The molecule has 0 unspecified atom stereocenters. The first-order valence-electron chi connectivity index (χ1n) is 8.07. The molecule has 0 spiro atoms. The van der Waals surface area contributed by atoms with Gasteiger partial charge in [-0.1, -0.05) is 12.1 Å². The zero-order chi connectivity index (χ0) is 16.5. The lowest BCUT2D eigenvalue weighted by atomic mass is 9.99. The fourth-order valence-electron chi connectivity index (χ4n) is 2.54. The van der Waals surface area contributed by atoms with Gasteiger partial charge < -0.3 is 15.4 Å². The molecule has 0 amide bonds. The molecule has 1 fully saturated rings. The maximum atomic E-state index is 12.9. The third kappa shape index (κ3) is 6.76. The zero-order valence-corrected chi connectivity index (χ0v) is 17.5. The molecule has 7 heteroatoms. The van der Waals surface area contributed by atoms with Crippen LogP contribution < -0.4 is 10.6 Å². The Labute approximate surface area is 165 Å². The van der Waals surface area contributed by atoms with E-state index < -0.39 is 0 Å². The summed E-state index contributed by atoms with van der Waals surface area (Å²) in [5.74, 6) is 0.584. The number of halogens is 2. The molecule has 136 valence electrons. The Hall–Kier alpha value is -0.540. The molecule has 0 aromatic heterocycles. The lowest BCUT2D eigenvalue weighted by Gasteiger charge is -2.36. The van der Waals surface area contributed by atoms with Crippen molar-refractivity contribution in [1.82, 2.24) is 10.6 Å². The first-order valence-corrected chi connectivity index (χ1v) is 9.29. The maximum absolute atomic E-state index is 12.9. The van der Waals surface area contributed by atoms with Gasteiger partial charge in [0.1, 0.15) is 5.82 Å².